The van der Waals surface area contributed by atoms with Gasteiger partial charge in [0.05, 0.1) is 11.9 Å². The number of halogens is 1. The van der Waals surface area contributed by atoms with E-state index in [9.17, 15) is 8.42 Å². The minimum atomic E-state index is -3.14. The molecule has 2 atom stereocenters. The zero-order valence-electron chi connectivity index (χ0n) is 13.3. The molecule has 1 aromatic carbocycles. The topological polar surface area (TPSA) is 61.8 Å². The molecule has 1 aromatic rings. The fourth-order valence-electron chi connectivity index (χ4n) is 1.69. The van der Waals surface area contributed by atoms with Crippen molar-refractivity contribution in [2.24, 2.45) is 0 Å². The van der Waals surface area contributed by atoms with Crippen LogP contribution in [0.3, 0.4) is 0 Å². The highest BCUT2D eigenvalue weighted by molar-refractivity contribution is 9.10. The summed E-state index contributed by atoms with van der Waals surface area (Å²) in [6.07, 6.45) is 0.778. The van der Waals surface area contributed by atoms with E-state index in [1.807, 2.05) is 19.1 Å². The van der Waals surface area contributed by atoms with Gasteiger partial charge in [0.25, 0.3) is 0 Å². The van der Waals surface area contributed by atoms with E-state index in [0.29, 0.717) is 19.0 Å². The summed E-state index contributed by atoms with van der Waals surface area (Å²) in [7, 11) is -3.14. The Hall–Kier alpha value is -0.630. The van der Waals surface area contributed by atoms with E-state index in [-0.39, 0.29) is 6.79 Å². The molecule has 0 aliphatic rings. The molecule has 0 aliphatic carbocycles. The molecule has 7 heteroatoms. The van der Waals surface area contributed by atoms with Gasteiger partial charge in [-0.25, -0.2) is 8.42 Å². The van der Waals surface area contributed by atoms with E-state index >= 15 is 0 Å². The van der Waals surface area contributed by atoms with Crippen molar-refractivity contribution in [3.8, 4) is 5.75 Å². The van der Waals surface area contributed by atoms with Gasteiger partial charge in [0.15, 0.2) is 9.84 Å². The van der Waals surface area contributed by atoms with Crippen molar-refractivity contribution >= 4 is 25.8 Å². The highest BCUT2D eigenvalue weighted by Gasteiger charge is 2.23. The number of hydrogen-bond acceptors (Lipinski definition) is 5. The molecular weight excluding hydrogens is 372 g/mol. The normalized spacial score (nSPS) is 14.6. The quantitative estimate of drug-likeness (QED) is 0.475. The van der Waals surface area contributed by atoms with Gasteiger partial charge in [-0.2, -0.15) is 0 Å². The molecule has 126 valence electrons. The van der Waals surface area contributed by atoms with Crippen molar-refractivity contribution in [1.29, 1.82) is 0 Å². The second-order valence-corrected chi connectivity index (χ2v) is 8.33. The third kappa shape index (κ3) is 6.24. The average Bonchev–Trinajstić information content (AvgIpc) is 2.44. The van der Waals surface area contributed by atoms with E-state index in [1.165, 1.54) is 6.26 Å². The predicted octanol–water partition coefficient (Wildman–Crippen LogP) is 3.16. The second kappa shape index (κ2) is 8.86. The van der Waals surface area contributed by atoms with Gasteiger partial charge in [0.2, 0.25) is 0 Å². The minimum Gasteiger partial charge on any atom is -0.489 e. The van der Waals surface area contributed by atoms with Crippen molar-refractivity contribution < 1.29 is 22.6 Å². The van der Waals surface area contributed by atoms with Crippen LogP contribution in [0.4, 0.5) is 0 Å². The summed E-state index contributed by atoms with van der Waals surface area (Å²) in [5.41, 5.74) is 0.913. The van der Waals surface area contributed by atoms with Crippen LogP contribution in [0, 0.1) is 0 Å². The Morgan fingerprint density at radius 1 is 1.23 bits per heavy atom. The van der Waals surface area contributed by atoms with Crippen LogP contribution >= 0.6 is 15.9 Å². The first kappa shape index (κ1) is 19.4. The summed E-state index contributed by atoms with van der Waals surface area (Å²) in [5.74, 6) is 0.612. The maximum absolute atomic E-state index is 11.6. The van der Waals surface area contributed by atoms with E-state index in [1.54, 1.807) is 19.9 Å². The molecule has 0 aromatic heterocycles. The van der Waals surface area contributed by atoms with Gasteiger partial charge in [0, 0.05) is 17.3 Å². The fourth-order valence-corrected chi connectivity index (χ4v) is 2.80. The van der Waals surface area contributed by atoms with Crippen LogP contribution in [0.25, 0.3) is 0 Å². The van der Waals surface area contributed by atoms with Crippen LogP contribution < -0.4 is 4.74 Å². The Labute approximate surface area is 141 Å². The molecular formula is C15H23BrO5S. The van der Waals surface area contributed by atoms with Crippen LogP contribution in [-0.2, 0) is 25.9 Å². The molecule has 0 radical (unpaired) electrons. The number of benzene rings is 1. The van der Waals surface area contributed by atoms with Crippen molar-refractivity contribution in [3.05, 3.63) is 28.2 Å². The Balaban J connectivity index is 2.72. The monoisotopic (exact) mass is 394 g/mol. The zero-order chi connectivity index (χ0) is 16.8. The fraction of sp³-hybridized carbons (Fsp3) is 0.600. The molecule has 5 nitrogen and oxygen atoms in total. The lowest BCUT2D eigenvalue weighted by molar-refractivity contribution is -0.0573. The minimum absolute atomic E-state index is 0.232. The standard InChI is InChI=1S/C15H23BrO5S/c1-5-19-10-20-9-13-8-14(6-7-15(13)16)21-11(2)12(3)22(4,17)18/h6-8,11-12H,5,9-10H2,1-4H3/t11-,12?/m1/s1. The summed E-state index contributed by atoms with van der Waals surface area (Å²) >= 11 is 3.45. The molecule has 22 heavy (non-hydrogen) atoms. The van der Waals surface area contributed by atoms with Crippen molar-refractivity contribution in [1.82, 2.24) is 0 Å². The van der Waals surface area contributed by atoms with Crippen LogP contribution in [0.2, 0.25) is 0 Å². The highest BCUT2D eigenvalue weighted by atomic mass is 79.9. The maximum Gasteiger partial charge on any atom is 0.153 e. The van der Waals surface area contributed by atoms with E-state index in [2.05, 4.69) is 15.9 Å². The Morgan fingerprint density at radius 3 is 2.50 bits per heavy atom. The van der Waals surface area contributed by atoms with Crippen molar-refractivity contribution in [2.45, 2.75) is 38.7 Å². The lowest BCUT2D eigenvalue weighted by Gasteiger charge is -2.20. The molecule has 1 rings (SSSR count). The SMILES string of the molecule is CCOCOCc1cc(O[C@H](C)C(C)S(C)(=O)=O)ccc1Br. The predicted molar refractivity (Wildman–Crippen MR) is 89.8 cm³/mol. The van der Waals surface area contributed by atoms with Gasteiger partial charge in [-0.05, 0) is 44.5 Å². The van der Waals surface area contributed by atoms with Gasteiger partial charge in [-0.1, -0.05) is 15.9 Å². The molecule has 0 saturated heterocycles. The average molecular weight is 395 g/mol. The molecule has 0 N–H and O–H groups in total. The number of hydrogen-bond donors (Lipinski definition) is 0. The van der Waals surface area contributed by atoms with Gasteiger partial charge in [-0.15, -0.1) is 0 Å². The van der Waals surface area contributed by atoms with E-state index in [0.717, 1.165) is 10.0 Å². The third-order valence-corrected chi connectivity index (χ3v) is 5.81. The van der Waals surface area contributed by atoms with Crippen LogP contribution in [0.15, 0.2) is 22.7 Å². The molecule has 0 aliphatic heterocycles. The zero-order valence-corrected chi connectivity index (χ0v) is 15.7. The van der Waals surface area contributed by atoms with Crippen LogP contribution in [-0.4, -0.2) is 39.4 Å². The van der Waals surface area contributed by atoms with Crippen molar-refractivity contribution in [2.75, 3.05) is 19.7 Å². The van der Waals surface area contributed by atoms with Gasteiger partial charge < -0.3 is 14.2 Å². The van der Waals surface area contributed by atoms with Gasteiger partial charge in [-0.3, -0.25) is 0 Å². The first-order valence-corrected chi connectivity index (χ1v) is 9.80. The smallest absolute Gasteiger partial charge is 0.153 e. The van der Waals surface area contributed by atoms with E-state index in [4.69, 9.17) is 14.2 Å². The Bertz CT molecular complexity index is 573. The molecule has 0 spiro atoms. The third-order valence-electron chi connectivity index (χ3n) is 3.30. The van der Waals surface area contributed by atoms with Gasteiger partial charge >= 0.3 is 0 Å². The molecule has 0 amide bonds. The summed E-state index contributed by atoms with van der Waals surface area (Å²) in [4.78, 5) is 0. The summed E-state index contributed by atoms with van der Waals surface area (Å²) in [6, 6.07) is 5.48. The van der Waals surface area contributed by atoms with Gasteiger partial charge in [0.1, 0.15) is 18.6 Å². The Morgan fingerprint density at radius 2 is 1.91 bits per heavy atom. The van der Waals surface area contributed by atoms with Crippen LogP contribution in [0.5, 0.6) is 5.75 Å². The number of ether oxygens (including phenoxy) is 3. The second-order valence-electron chi connectivity index (χ2n) is 5.07. The first-order valence-electron chi connectivity index (χ1n) is 7.05. The lowest BCUT2D eigenvalue weighted by atomic mass is 10.2. The Kier molecular flexibility index (Phi) is 7.82. The molecule has 0 fully saturated rings. The maximum atomic E-state index is 11.6. The first-order chi connectivity index (χ1) is 10.3. The molecule has 1 unspecified atom stereocenters. The van der Waals surface area contributed by atoms with Crippen molar-refractivity contribution in [3.63, 3.8) is 0 Å². The number of sulfone groups is 1. The summed E-state index contributed by atoms with van der Waals surface area (Å²) < 4.78 is 40.3. The molecule has 0 saturated carbocycles. The highest BCUT2D eigenvalue weighted by Crippen LogP contribution is 2.25. The number of rotatable bonds is 9. The largest absolute Gasteiger partial charge is 0.489 e. The summed E-state index contributed by atoms with van der Waals surface area (Å²) in [6.45, 7) is 6.51. The van der Waals surface area contributed by atoms with Crippen LogP contribution in [0.1, 0.15) is 26.3 Å². The molecule has 0 bridgehead atoms. The molecule has 0 heterocycles. The lowest BCUT2D eigenvalue weighted by Crippen LogP contribution is -2.32. The summed E-state index contributed by atoms with van der Waals surface area (Å²) in [5, 5.41) is -0.575. The van der Waals surface area contributed by atoms with E-state index < -0.39 is 21.2 Å².